The molecule has 0 saturated carbocycles. The van der Waals surface area contributed by atoms with Gasteiger partial charge in [-0.05, 0) is 31.2 Å². The van der Waals surface area contributed by atoms with Crippen LogP contribution in [0.3, 0.4) is 0 Å². The molecule has 144 valence electrons. The van der Waals surface area contributed by atoms with Crippen LogP contribution in [0.5, 0.6) is 0 Å². The normalized spacial score (nSPS) is 13.8. The largest absolute Gasteiger partial charge is 0.353 e. The molecule has 0 unspecified atom stereocenters. The number of fused-ring (bicyclic) bond motifs is 1. The summed E-state index contributed by atoms with van der Waals surface area (Å²) in [4.78, 5) is 34.1. The van der Waals surface area contributed by atoms with Crippen LogP contribution in [0.25, 0.3) is 20.7 Å². The van der Waals surface area contributed by atoms with Crippen molar-refractivity contribution in [2.45, 2.75) is 39.0 Å². The Morgan fingerprint density at radius 3 is 2.74 bits per heavy atom. The Morgan fingerprint density at radius 1 is 1.30 bits per heavy atom. The van der Waals surface area contributed by atoms with Crippen LogP contribution in [0, 0.1) is 5.92 Å². The number of aromatic amines is 1. The zero-order chi connectivity index (χ0) is 19.6. The molecule has 2 atom stereocenters. The molecule has 5 nitrogen and oxygen atoms in total. The third kappa shape index (κ3) is 4.62. The van der Waals surface area contributed by atoms with Crippen molar-refractivity contribution < 1.29 is 4.79 Å². The fourth-order valence-electron chi connectivity index (χ4n) is 2.51. The number of thioether (sulfide) groups is 1. The minimum absolute atomic E-state index is 0.00702. The van der Waals surface area contributed by atoms with Crippen LogP contribution in [0.15, 0.2) is 27.7 Å². The molecule has 0 aromatic carbocycles. The lowest BCUT2D eigenvalue weighted by molar-refractivity contribution is -0.119. The molecule has 0 radical (unpaired) electrons. The van der Waals surface area contributed by atoms with Crippen molar-refractivity contribution in [1.82, 2.24) is 15.3 Å². The molecule has 1 amide bonds. The smallest absolute Gasteiger partial charge is 0.260 e. The number of H-pyrrole nitrogens is 1. The van der Waals surface area contributed by atoms with Crippen molar-refractivity contribution in [3.05, 3.63) is 39.1 Å². The van der Waals surface area contributed by atoms with Gasteiger partial charge in [-0.15, -0.1) is 34.4 Å². The molecule has 3 aromatic heterocycles. The second-order valence-electron chi connectivity index (χ2n) is 6.81. The highest BCUT2D eigenvalue weighted by atomic mass is 32.2. The van der Waals surface area contributed by atoms with Crippen LogP contribution in [0.4, 0.5) is 0 Å². The molecule has 0 saturated heterocycles. The molecule has 3 aromatic rings. The number of hydrogen-bond donors (Lipinski definition) is 2. The number of amides is 1. The Hall–Kier alpha value is -1.64. The first-order chi connectivity index (χ1) is 12.9. The zero-order valence-electron chi connectivity index (χ0n) is 15.7. The van der Waals surface area contributed by atoms with Gasteiger partial charge in [0.05, 0.1) is 16.4 Å². The Balaban J connectivity index is 1.74. The van der Waals surface area contributed by atoms with Gasteiger partial charge in [0, 0.05) is 21.9 Å². The Bertz CT molecular complexity index is 976. The van der Waals surface area contributed by atoms with Gasteiger partial charge in [0.15, 0.2) is 0 Å². The van der Waals surface area contributed by atoms with Crippen molar-refractivity contribution in [3.8, 4) is 10.4 Å². The van der Waals surface area contributed by atoms with Crippen molar-refractivity contribution >= 4 is 50.6 Å². The monoisotopic (exact) mass is 421 g/mol. The first-order valence-electron chi connectivity index (χ1n) is 8.83. The maximum Gasteiger partial charge on any atom is 0.260 e. The van der Waals surface area contributed by atoms with Gasteiger partial charge in [0.25, 0.3) is 5.56 Å². The minimum atomic E-state index is -0.120. The summed E-state index contributed by atoms with van der Waals surface area (Å²) in [6.45, 7) is 8.12. The highest BCUT2D eigenvalue weighted by Crippen LogP contribution is 2.34. The van der Waals surface area contributed by atoms with Gasteiger partial charge in [-0.1, -0.05) is 19.9 Å². The molecule has 0 spiro atoms. The second-order valence-corrected chi connectivity index (χ2v) is 9.95. The maximum atomic E-state index is 12.7. The van der Waals surface area contributed by atoms with Crippen molar-refractivity contribution in [3.63, 3.8) is 0 Å². The molecule has 27 heavy (non-hydrogen) atoms. The second kappa shape index (κ2) is 8.58. The molecule has 0 bridgehead atoms. The van der Waals surface area contributed by atoms with E-state index in [4.69, 9.17) is 0 Å². The van der Waals surface area contributed by atoms with Crippen molar-refractivity contribution in [2.75, 3.05) is 5.75 Å². The van der Waals surface area contributed by atoms with E-state index in [1.165, 1.54) is 23.1 Å². The van der Waals surface area contributed by atoms with Crippen LogP contribution in [-0.2, 0) is 4.79 Å². The molecule has 3 rings (SSSR count). The van der Waals surface area contributed by atoms with Crippen LogP contribution in [0.1, 0.15) is 38.8 Å². The van der Waals surface area contributed by atoms with E-state index >= 15 is 0 Å². The van der Waals surface area contributed by atoms with Gasteiger partial charge >= 0.3 is 0 Å². The number of nitrogens with one attached hydrogen (secondary N) is 2. The summed E-state index contributed by atoms with van der Waals surface area (Å²) in [5, 5.41) is 7.55. The molecular formula is C19H23N3O2S3. The van der Waals surface area contributed by atoms with E-state index in [1.54, 1.807) is 11.3 Å². The highest BCUT2D eigenvalue weighted by Gasteiger charge is 2.18. The lowest BCUT2D eigenvalue weighted by Crippen LogP contribution is -2.37. The van der Waals surface area contributed by atoms with Crippen LogP contribution >= 0.6 is 34.4 Å². The number of hydrogen-bond acceptors (Lipinski definition) is 6. The molecule has 8 heteroatoms. The fourth-order valence-corrected chi connectivity index (χ4v) is 5.04. The predicted molar refractivity (Wildman–Crippen MR) is 117 cm³/mol. The van der Waals surface area contributed by atoms with Gasteiger partial charge in [-0.3, -0.25) is 9.59 Å². The van der Waals surface area contributed by atoms with Gasteiger partial charge in [-0.25, -0.2) is 4.98 Å². The SMILES string of the molecule is CC(C)[C@H](C)NC(=O)CS[C@H](C)c1nc2scc(-c3cccs3)c2c(=O)[nH]1. The van der Waals surface area contributed by atoms with E-state index in [0.717, 1.165) is 15.3 Å². The fraction of sp³-hybridized carbons (Fsp3) is 0.421. The van der Waals surface area contributed by atoms with E-state index in [-0.39, 0.29) is 22.8 Å². The van der Waals surface area contributed by atoms with Crippen molar-refractivity contribution in [1.29, 1.82) is 0 Å². The molecular weight excluding hydrogens is 398 g/mol. The topological polar surface area (TPSA) is 74.8 Å². The summed E-state index contributed by atoms with van der Waals surface area (Å²) in [5.74, 6) is 1.35. The number of carbonyl (C=O) groups is 1. The molecule has 0 aliphatic carbocycles. The molecule has 0 fully saturated rings. The first-order valence-corrected chi connectivity index (χ1v) is 11.6. The van der Waals surface area contributed by atoms with E-state index < -0.39 is 0 Å². The van der Waals surface area contributed by atoms with Gasteiger partial charge in [0.2, 0.25) is 5.91 Å². The van der Waals surface area contributed by atoms with Gasteiger partial charge in [-0.2, -0.15) is 0 Å². The Labute approximate surface area is 170 Å². The Kier molecular flexibility index (Phi) is 6.39. The third-order valence-corrected chi connectivity index (χ3v) is 7.41. The summed E-state index contributed by atoms with van der Waals surface area (Å²) < 4.78 is 0. The van der Waals surface area contributed by atoms with E-state index in [2.05, 4.69) is 29.1 Å². The van der Waals surface area contributed by atoms with E-state index in [0.29, 0.717) is 22.9 Å². The van der Waals surface area contributed by atoms with Crippen LogP contribution in [-0.4, -0.2) is 27.7 Å². The molecule has 0 aliphatic rings. The maximum absolute atomic E-state index is 12.7. The van der Waals surface area contributed by atoms with Crippen molar-refractivity contribution in [2.24, 2.45) is 5.92 Å². The Morgan fingerprint density at radius 2 is 2.07 bits per heavy atom. The number of thiophene rings is 2. The van der Waals surface area contributed by atoms with E-state index in [9.17, 15) is 9.59 Å². The average molecular weight is 422 g/mol. The van der Waals surface area contributed by atoms with Gasteiger partial charge in [0.1, 0.15) is 10.7 Å². The van der Waals surface area contributed by atoms with Gasteiger partial charge < -0.3 is 10.3 Å². The third-order valence-electron chi connectivity index (χ3n) is 4.49. The number of nitrogens with zero attached hydrogens (tertiary/aromatic N) is 1. The number of carbonyl (C=O) groups excluding carboxylic acids is 1. The lowest BCUT2D eigenvalue weighted by atomic mass is 10.1. The lowest BCUT2D eigenvalue weighted by Gasteiger charge is -2.18. The van der Waals surface area contributed by atoms with E-state index in [1.807, 2.05) is 36.7 Å². The summed E-state index contributed by atoms with van der Waals surface area (Å²) in [5.41, 5.74) is 0.817. The quantitative estimate of drug-likeness (QED) is 0.581. The predicted octanol–water partition coefficient (Wildman–Crippen LogP) is 4.67. The zero-order valence-corrected chi connectivity index (χ0v) is 18.2. The summed E-state index contributed by atoms with van der Waals surface area (Å²) in [6.07, 6.45) is 0. The van der Waals surface area contributed by atoms with Crippen LogP contribution < -0.4 is 10.9 Å². The minimum Gasteiger partial charge on any atom is -0.353 e. The number of rotatable bonds is 7. The summed E-state index contributed by atoms with van der Waals surface area (Å²) in [7, 11) is 0. The summed E-state index contributed by atoms with van der Waals surface area (Å²) >= 11 is 4.57. The average Bonchev–Trinajstić information content (AvgIpc) is 3.28. The molecule has 0 aliphatic heterocycles. The van der Waals surface area contributed by atoms with Crippen LogP contribution in [0.2, 0.25) is 0 Å². The molecule has 3 heterocycles. The first kappa shape index (κ1) is 20.1. The highest BCUT2D eigenvalue weighted by molar-refractivity contribution is 8.00. The molecule has 2 N–H and O–H groups in total. The number of aromatic nitrogens is 2. The standard InChI is InChI=1S/C19H23N3O2S3/c1-10(2)11(3)20-15(23)9-26-12(4)17-21-18(24)16-13(8-27-19(16)22-17)14-6-5-7-25-14/h5-8,10-12H,9H2,1-4H3,(H,20,23)(H,21,22,24)/t11-,12+/m0/s1. The summed E-state index contributed by atoms with van der Waals surface area (Å²) in [6, 6.07) is 4.13.